The molecule has 3 amide bonds. The molecule has 5 heteroatoms. The second-order valence-electron chi connectivity index (χ2n) is 4.79. The molecule has 0 spiro atoms. The Morgan fingerprint density at radius 1 is 1.18 bits per heavy atom. The Labute approximate surface area is 99.3 Å². The van der Waals surface area contributed by atoms with Gasteiger partial charge >= 0.3 is 17.9 Å². The highest BCUT2D eigenvalue weighted by atomic mass is 16.4. The van der Waals surface area contributed by atoms with Crippen LogP contribution in [-0.2, 0) is 9.59 Å². The Bertz CT molecular complexity index is 375. The number of rotatable bonds is 2. The lowest BCUT2D eigenvalue weighted by atomic mass is 9.88. The maximum absolute atomic E-state index is 11.7. The molecule has 1 N–H and O–H groups in total. The van der Waals surface area contributed by atoms with Crippen LogP contribution >= 0.6 is 0 Å². The molecular formula is C12H16NO4+. The van der Waals surface area contributed by atoms with Gasteiger partial charge < -0.3 is 5.11 Å². The number of hydrogen-bond donors (Lipinski definition) is 1. The Morgan fingerprint density at radius 3 is 2.18 bits per heavy atom. The predicted molar refractivity (Wildman–Crippen MR) is 58.9 cm³/mol. The first-order valence-corrected chi connectivity index (χ1v) is 5.96. The van der Waals surface area contributed by atoms with Gasteiger partial charge in [0.1, 0.15) is 6.54 Å². The highest BCUT2D eigenvalue weighted by molar-refractivity contribution is 6.10. The summed E-state index contributed by atoms with van der Waals surface area (Å²) in [6, 6.07) is 0. The van der Waals surface area contributed by atoms with Gasteiger partial charge in [0.2, 0.25) is 0 Å². The zero-order valence-electron chi connectivity index (χ0n) is 9.59. The van der Waals surface area contributed by atoms with Crippen LogP contribution in [-0.4, -0.2) is 34.0 Å². The van der Waals surface area contributed by atoms with E-state index in [-0.39, 0.29) is 12.5 Å². The highest BCUT2D eigenvalue weighted by Crippen LogP contribution is 2.29. The molecular weight excluding hydrogens is 222 g/mol. The Kier molecular flexibility index (Phi) is 3.11. The van der Waals surface area contributed by atoms with Crippen molar-refractivity contribution in [1.82, 2.24) is 0 Å². The second kappa shape index (κ2) is 4.41. The van der Waals surface area contributed by atoms with Gasteiger partial charge in [-0.1, -0.05) is 23.7 Å². The summed E-state index contributed by atoms with van der Waals surface area (Å²) in [7, 11) is 0. The zero-order chi connectivity index (χ0) is 12.5. The molecule has 5 nitrogen and oxygen atoms in total. The normalized spacial score (nSPS) is 24.2. The molecule has 0 unspecified atom stereocenters. The van der Waals surface area contributed by atoms with Crippen molar-refractivity contribution in [3.8, 4) is 0 Å². The minimum absolute atomic E-state index is 0.111. The topological polar surface area (TPSA) is 71.4 Å². The summed E-state index contributed by atoms with van der Waals surface area (Å²) in [5.41, 5.74) is 0. The molecule has 2 rings (SSSR count). The van der Waals surface area contributed by atoms with E-state index in [2.05, 4.69) is 0 Å². The van der Waals surface area contributed by atoms with Crippen LogP contribution in [0.4, 0.5) is 4.79 Å². The van der Waals surface area contributed by atoms with Gasteiger partial charge in [-0.15, -0.1) is 0 Å². The third-order valence-corrected chi connectivity index (χ3v) is 3.70. The van der Waals surface area contributed by atoms with Gasteiger partial charge in [0.05, 0.1) is 12.2 Å². The van der Waals surface area contributed by atoms with Crippen molar-refractivity contribution in [2.75, 3.05) is 6.54 Å². The SMILES string of the molecule is O=C(O)[N+]1(CC2CCCCC2)C(=O)C=CC1=O. The van der Waals surface area contributed by atoms with E-state index in [1.54, 1.807) is 0 Å². The van der Waals surface area contributed by atoms with E-state index in [0.717, 1.165) is 44.3 Å². The predicted octanol–water partition coefficient (Wildman–Crippen LogP) is 1.68. The summed E-state index contributed by atoms with van der Waals surface area (Å²) in [5, 5.41) is 9.23. The lowest BCUT2D eigenvalue weighted by Crippen LogP contribution is -2.58. The number of imide groups is 3. The van der Waals surface area contributed by atoms with Crippen molar-refractivity contribution in [3.63, 3.8) is 0 Å². The molecule has 17 heavy (non-hydrogen) atoms. The average molecular weight is 238 g/mol. The van der Waals surface area contributed by atoms with Crippen LogP contribution in [0.5, 0.6) is 0 Å². The fourth-order valence-electron chi connectivity index (χ4n) is 2.71. The first-order chi connectivity index (χ1) is 8.07. The number of amides is 3. The monoisotopic (exact) mass is 238 g/mol. The molecule has 0 aromatic carbocycles. The number of quaternary nitrogens is 1. The first-order valence-electron chi connectivity index (χ1n) is 5.96. The second-order valence-corrected chi connectivity index (χ2v) is 4.79. The van der Waals surface area contributed by atoms with Crippen molar-refractivity contribution in [2.45, 2.75) is 32.1 Å². The molecule has 2 aliphatic rings. The molecule has 92 valence electrons. The third kappa shape index (κ3) is 1.91. The molecule has 0 radical (unpaired) electrons. The number of nitrogens with zero attached hydrogens (tertiary/aromatic N) is 1. The van der Waals surface area contributed by atoms with E-state index in [9.17, 15) is 19.5 Å². The number of carbonyl (C=O) groups is 3. The lowest BCUT2D eigenvalue weighted by molar-refractivity contribution is -0.702. The van der Waals surface area contributed by atoms with E-state index in [0.29, 0.717) is 0 Å². The van der Waals surface area contributed by atoms with Crippen LogP contribution in [0.1, 0.15) is 32.1 Å². The van der Waals surface area contributed by atoms with Gasteiger partial charge in [-0.3, -0.25) is 0 Å². The van der Waals surface area contributed by atoms with E-state index >= 15 is 0 Å². The van der Waals surface area contributed by atoms with Crippen molar-refractivity contribution in [1.29, 1.82) is 0 Å². The minimum atomic E-state index is -1.35. The average Bonchev–Trinajstić information content (AvgIpc) is 2.59. The van der Waals surface area contributed by atoms with Crippen molar-refractivity contribution >= 4 is 17.9 Å². The fourth-order valence-corrected chi connectivity index (χ4v) is 2.71. The van der Waals surface area contributed by atoms with Crippen molar-refractivity contribution in [2.24, 2.45) is 5.92 Å². The van der Waals surface area contributed by atoms with Crippen LogP contribution in [0.15, 0.2) is 12.2 Å². The van der Waals surface area contributed by atoms with Gasteiger partial charge in [0, 0.05) is 5.92 Å². The summed E-state index contributed by atoms with van der Waals surface area (Å²) in [6.45, 7) is 0.111. The molecule has 1 fully saturated rings. The summed E-state index contributed by atoms with van der Waals surface area (Å²) < 4.78 is -1.05. The molecule has 0 bridgehead atoms. The maximum Gasteiger partial charge on any atom is 0.529 e. The molecule has 1 aliphatic carbocycles. The fraction of sp³-hybridized carbons (Fsp3) is 0.583. The molecule has 0 saturated heterocycles. The van der Waals surface area contributed by atoms with Gasteiger partial charge in [-0.25, -0.2) is 9.59 Å². The smallest absolute Gasteiger partial charge is 0.435 e. The van der Waals surface area contributed by atoms with E-state index in [1.165, 1.54) is 0 Å². The number of carboxylic acid groups (broad SMARTS) is 1. The van der Waals surface area contributed by atoms with Crippen LogP contribution in [0.3, 0.4) is 0 Å². The molecule has 1 saturated carbocycles. The minimum Gasteiger partial charge on any atom is -0.435 e. The molecule has 0 aromatic rings. The summed E-state index contributed by atoms with van der Waals surface area (Å²) in [6.07, 6.45) is 5.90. The Balaban J connectivity index is 2.20. The molecule has 1 aliphatic heterocycles. The quantitative estimate of drug-likeness (QED) is 0.587. The third-order valence-electron chi connectivity index (χ3n) is 3.70. The van der Waals surface area contributed by atoms with Gasteiger partial charge in [0.15, 0.2) is 0 Å². The van der Waals surface area contributed by atoms with Crippen molar-refractivity contribution < 1.29 is 24.0 Å². The first kappa shape index (κ1) is 12.0. The van der Waals surface area contributed by atoms with E-state index < -0.39 is 22.4 Å². The molecule has 0 atom stereocenters. The van der Waals surface area contributed by atoms with Gasteiger partial charge in [0.25, 0.3) is 0 Å². The summed E-state index contributed by atoms with van der Waals surface area (Å²) in [4.78, 5) is 34.7. The lowest BCUT2D eigenvalue weighted by Gasteiger charge is -2.29. The zero-order valence-corrected chi connectivity index (χ0v) is 9.59. The molecule has 0 aromatic heterocycles. The maximum atomic E-state index is 11.7. The number of carbonyl (C=O) groups excluding carboxylic acids is 2. The Morgan fingerprint density at radius 2 is 1.71 bits per heavy atom. The van der Waals surface area contributed by atoms with E-state index in [4.69, 9.17) is 0 Å². The molecule has 1 heterocycles. The summed E-state index contributed by atoms with van der Waals surface area (Å²) >= 11 is 0. The standard InChI is InChI=1S/C12H15NO4/c14-10-6-7-11(15)13(10,12(16)17)8-9-4-2-1-3-5-9/h6-7,9H,1-5,8H2/p+1. The van der Waals surface area contributed by atoms with E-state index in [1.807, 2.05) is 0 Å². The highest BCUT2D eigenvalue weighted by Gasteiger charge is 2.54. The Hall–Kier alpha value is -1.49. The van der Waals surface area contributed by atoms with Gasteiger partial charge in [-0.05, 0) is 12.8 Å². The number of hydrogen-bond acceptors (Lipinski definition) is 3. The van der Waals surface area contributed by atoms with Crippen LogP contribution in [0.2, 0.25) is 0 Å². The van der Waals surface area contributed by atoms with Crippen LogP contribution in [0.25, 0.3) is 0 Å². The van der Waals surface area contributed by atoms with Crippen LogP contribution in [0, 0.1) is 5.92 Å². The largest absolute Gasteiger partial charge is 0.529 e. The van der Waals surface area contributed by atoms with Gasteiger partial charge in [-0.2, -0.15) is 4.79 Å². The summed E-state index contributed by atoms with van der Waals surface area (Å²) in [5.74, 6) is -1.08. The van der Waals surface area contributed by atoms with Crippen LogP contribution < -0.4 is 0 Å². The van der Waals surface area contributed by atoms with Crippen molar-refractivity contribution in [3.05, 3.63) is 12.2 Å².